The summed E-state index contributed by atoms with van der Waals surface area (Å²) < 4.78 is 1.40. The average Bonchev–Trinajstić information content (AvgIpc) is 3.02. The van der Waals surface area contributed by atoms with Crippen LogP contribution in [0.15, 0.2) is 6.33 Å². The second kappa shape index (κ2) is 4.60. The molecular weight excluding hydrogens is 248 g/mol. The quantitative estimate of drug-likeness (QED) is 0.656. The number of piperidine rings is 1. The maximum atomic E-state index is 12.1. The van der Waals surface area contributed by atoms with Gasteiger partial charge in [0.15, 0.2) is 0 Å². The molecule has 0 aromatic carbocycles. The summed E-state index contributed by atoms with van der Waals surface area (Å²) in [5, 5.41) is 10.7. The van der Waals surface area contributed by atoms with Crippen LogP contribution in [0.3, 0.4) is 0 Å². The fourth-order valence-corrected chi connectivity index (χ4v) is 2.89. The third kappa shape index (κ3) is 2.18. The maximum Gasteiger partial charge on any atom is 0.244 e. The molecule has 0 bridgehead atoms. The molecule has 2 fully saturated rings. The van der Waals surface area contributed by atoms with Gasteiger partial charge in [-0.05, 0) is 22.8 Å². The van der Waals surface area contributed by atoms with E-state index in [-0.39, 0.29) is 24.3 Å². The number of amides is 2. The molecule has 8 nitrogen and oxygen atoms in total. The van der Waals surface area contributed by atoms with Crippen LogP contribution in [0, 0.1) is 11.8 Å². The van der Waals surface area contributed by atoms with Gasteiger partial charge in [-0.25, -0.2) is 4.68 Å². The molecule has 1 aromatic heterocycles. The molecular formula is C11H16N6O2. The Labute approximate surface area is 110 Å². The minimum atomic E-state index is -0.0310. The SMILES string of the molecule is CN1CC[C@@H]2CN(C(=O)Cn3cnnn3)C[C@@H]2C1=O. The summed E-state index contributed by atoms with van der Waals surface area (Å²) in [7, 11) is 1.82. The number of nitrogens with zero attached hydrogens (tertiary/aromatic N) is 6. The highest BCUT2D eigenvalue weighted by atomic mass is 16.2. The molecule has 2 saturated heterocycles. The van der Waals surface area contributed by atoms with Crippen LogP contribution < -0.4 is 0 Å². The van der Waals surface area contributed by atoms with E-state index in [1.165, 1.54) is 11.0 Å². The molecule has 0 saturated carbocycles. The lowest BCUT2D eigenvalue weighted by Crippen LogP contribution is -2.42. The topological polar surface area (TPSA) is 84.2 Å². The minimum absolute atomic E-state index is 0.0304. The van der Waals surface area contributed by atoms with Crippen molar-refractivity contribution in [3.63, 3.8) is 0 Å². The van der Waals surface area contributed by atoms with Crippen LogP contribution in [0.5, 0.6) is 0 Å². The Kier molecular flexibility index (Phi) is 2.92. The van der Waals surface area contributed by atoms with Gasteiger partial charge in [0.25, 0.3) is 0 Å². The Balaban J connectivity index is 1.65. The van der Waals surface area contributed by atoms with Gasteiger partial charge >= 0.3 is 0 Å². The minimum Gasteiger partial charge on any atom is -0.345 e. The van der Waals surface area contributed by atoms with Crippen molar-refractivity contribution in [3.8, 4) is 0 Å². The Morgan fingerprint density at radius 2 is 2.32 bits per heavy atom. The first-order valence-corrected chi connectivity index (χ1v) is 6.38. The lowest BCUT2D eigenvalue weighted by Gasteiger charge is -2.30. The number of aromatic nitrogens is 4. The van der Waals surface area contributed by atoms with E-state index in [1.54, 1.807) is 9.80 Å². The Bertz CT molecular complexity index is 487. The summed E-state index contributed by atoms with van der Waals surface area (Å²) in [4.78, 5) is 27.7. The van der Waals surface area contributed by atoms with Crippen molar-refractivity contribution in [3.05, 3.63) is 6.33 Å². The molecule has 0 unspecified atom stereocenters. The van der Waals surface area contributed by atoms with Crippen molar-refractivity contribution >= 4 is 11.8 Å². The van der Waals surface area contributed by atoms with Gasteiger partial charge in [0, 0.05) is 26.7 Å². The summed E-state index contributed by atoms with van der Waals surface area (Å²) in [5.74, 6) is 0.407. The number of hydrogen-bond acceptors (Lipinski definition) is 5. The van der Waals surface area contributed by atoms with E-state index in [0.717, 1.165) is 13.0 Å². The lowest BCUT2D eigenvalue weighted by molar-refractivity contribution is -0.138. The van der Waals surface area contributed by atoms with Crippen molar-refractivity contribution in [2.45, 2.75) is 13.0 Å². The molecule has 1 aromatic rings. The monoisotopic (exact) mass is 264 g/mol. The number of hydrogen-bond donors (Lipinski definition) is 0. The molecule has 0 aliphatic carbocycles. The number of likely N-dealkylation sites (tertiary alicyclic amines) is 2. The van der Waals surface area contributed by atoms with Crippen LogP contribution >= 0.6 is 0 Å². The van der Waals surface area contributed by atoms with Gasteiger partial charge < -0.3 is 9.80 Å². The highest BCUT2D eigenvalue weighted by molar-refractivity contribution is 5.83. The van der Waals surface area contributed by atoms with E-state index in [0.29, 0.717) is 19.0 Å². The van der Waals surface area contributed by atoms with Gasteiger partial charge in [-0.1, -0.05) is 0 Å². The highest BCUT2D eigenvalue weighted by Gasteiger charge is 2.43. The second-order valence-electron chi connectivity index (χ2n) is 5.22. The molecule has 8 heteroatoms. The molecule has 2 atom stereocenters. The summed E-state index contributed by atoms with van der Waals surface area (Å²) in [6.07, 6.45) is 2.39. The Morgan fingerprint density at radius 3 is 3.05 bits per heavy atom. The van der Waals surface area contributed by atoms with E-state index < -0.39 is 0 Å². The number of fused-ring (bicyclic) bond motifs is 1. The molecule has 19 heavy (non-hydrogen) atoms. The fraction of sp³-hybridized carbons (Fsp3) is 0.727. The van der Waals surface area contributed by atoms with Crippen molar-refractivity contribution in [2.75, 3.05) is 26.7 Å². The zero-order valence-electron chi connectivity index (χ0n) is 10.8. The fourth-order valence-electron chi connectivity index (χ4n) is 2.89. The standard InChI is InChI=1S/C11H16N6O2/c1-15-3-2-8-4-16(5-9(8)11(15)19)10(18)6-17-7-12-13-14-17/h7-9H,2-6H2,1H3/t8-,9+/m1/s1. The molecule has 3 heterocycles. The van der Waals surface area contributed by atoms with Crippen LogP contribution in [-0.4, -0.2) is 68.5 Å². The van der Waals surface area contributed by atoms with Crippen molar-refractivity contribution < 1.29 is 9.59 Å². The highest BCUT2D eigenvalue weighted by Crippen LogP contribution is 2.31. The van der Waals surface area contributed by atoms with E-state index in [2.05, 4.69) is 15.5 Å². The van der Waals surface area contributed by atoms with Crippen LogP contribution in [0.2, 0.25) is 0 Å². The zero-order chi connectivity index (χ0) is 13.4. The third-order valence-electron chi connectivity index (χ3n) is 4.01. The van der Waals surface area contributed by atoms with E-state index in [1.807, 2.05) is 7.05 Å². The van der Waals surface area contributed by atoms with E-state index in [4.69, 9.17) is 0 Å². The smallest absolute Gasteiger partial charge is 0.244 e. The first kappa shape index (κ1) is 12.1. The molecule has 3 rings (SSSR count). The summed E-state index contributed by atoms with van der Waals surface area (Å²) >= 11 is 0. The second-order valence-corrected chi connectivity index (χ2v) is 5.22. The van der Waals surface area contributed by atoms with Gasteiger partial charge in [0.1, 0.15) is 12.9 Å². The molecule has 0 spiro atoms. The molecule has 0 radical (unpaired) electrons. The van der Waals surface area contributed by atoms with Crippen molar-refractivity contribution in [1.82, 2.24) is 30.0 Å². The van der Waals surface area contributed by atoms with E-state index in [9.17, 15) is 9.59 Å². The number of rotatable bonds is 2. The maximum absolute atomic E-state index is 12.1. The largest absolute Gasteiger partial charge is 0.345 e. The summed E-state index contributed by atoms with van der Waals surface area (Å²) in [5.41, 5.74) is 0. The van der Waals surface area contributed by atoms with Crippen LogP contribution in [-0.2, 0) is 16.1 Å². The number of carbonyl (C=O) groups is 2. The summed E-state index contributed by atoms with van der Waals surface area (Å²) in [6.45, 7) is 2.12. The molecule has 102 valence electrons. The Hall–Kier alpha value is -1.99. The molecule has 2 aliphatic heterocycles. The summed E-state index contributed by atoms with van der Waals surface area (Å²) in [6, 6.07) is 0. The first-order valence-electron chi connectivity index (χ1n) is 6.38. The Morgan fingerprint density at radius 1 is 1.47 bits per heavy atom. The number of tetrazole rings is 1. The van der Waals surface area contributed by atoms with Crippen LogP contribution in [0.25, 0.3) is 0 Å². The third-order valence-corrected chi connectivity index (χ3v) is 4.01. The van der Waals surface area contributed by atoms with E-state index >= 15 is 0 Å². The van der Waals surface area contributed by atoms with Crippen molar-refractivity contribution in [1.29, 1.82) is 0 Å². The van der Waals surface area contributed by atoms with Crippen LogP contribution in [0.4, 0.5) is 0 Å². The van der Waals surface area contributed by atoms with Crippen molar-refractivity contribution in [2.24, 2.45) is 11.8 Å². The van der Waals surface area contributed by atoms with Gasteiger partial charge in [0.2, 0.25) is 11.8 Å². The van der Waals surface area contributed by atoms with Gasteiger partial charge in [0.05, 0.1) is 5.92 Å². The normalized spacial score (nSPS) is 26.7. The predicted molar refractivity (Wildman–Crippen MR) is 63.6 cm³/mol. The molecule has 2 amide bonds. The molecule has 2 aliphatic rings. The van der Waals surface area contributed by atoms with Gasteiger partial charge in [-0.15, -0.1) is 5.10 Å². The predicted octanol–water partition coefficient (Wildman–Crippen LogP) is -1.39. The van der Waals surface area contributed by atoms with Gasteiger partial charge in [-0.2, -0.15) is 0 Å². The van der Waals surface area contributed by atoms with Crippen LogP contribution in [0.1, 0.15) is 6.42 Å². The zero-order valence-corrected chi connectivity index (χ0v) is 10.8. The number of carbonyl (C=O) groups excluding carboxylic acids is 2. The first-order chi connectivity index (χ1) is 9.15. The molecule has 0 N–H and O–H groups in total. The average molecular weight is 264 g/mol. The lowest BCUT2D eigenvalue weighted by atomic mass is 9.88. The van der Waals surface area contributed by atoms with Gasteiger partial charge in [-0.3, -0.25) is 9.59 Å².